The number of hydrazine groups is 1. The summed E-state index contributed by atoms with van der Waals surface area (Å²) in [5.41, 5.74) is 0.322. The van der Waals surface area contributed by atoms with Crippen LogP contribution >= 0.6 is 0 Å². The van der Waals surface area contributed by atoms with Crippen LogP contribution in [0.2, 0.25) is 0 Å². The molecule has 0 N–H and O–H groups in total. The van der Waals surface area contributed by atoms with Crippen molar-refractivity contribution in [2.24, 2.45) is 11.8 Å². The molecule has 1 heterocycles. The van der Waals surface area contributed by atoms with Crippen molar-refractivity contribution in [3.63, 3.8) is 0 Å². The molecule has 0 bridgehead atoms. The number of amides is 3. The monoisotopic (exact) mass is 477 g/mol. The fourth-order valence-corrected chi connectivity index (χ4v) is 4.47. The second-order valence-electron chi connectivity index (χ2n) is 8.48. The Morgan fingerprint density at radius 2 is 1.83 bits per heavy atom. The minimum Gasteiger partial charge on any atom is -0.497 e. The highest BCUT2D eigenvalue weighted by atomic mass is 16.6. The van der Waals surface area contributed by atoms with E-state index in [2.05, 4.69) is 0 Å². The molecule has 0 aromatic heterocycles. The van der Waals surface area contributed by atoms with Crippen LogP contribution in [0.15, 0.2) is 60.2 Å². The predicted octanol–water partition coefficient (Wildman–Crippen LogP) is 3.18. The van der Waals surface area contributed by atoms with Gasteiger partial charge in [0.1, 0.15) is 17.9 Å². The maximum absolute atomic E-state index is 13.6. The molecule has 1 aliphatic heterocycles. The molecule has 0 saturated carbocycles. The first-order valence-electron chi connectivity index (χ1n) is 11.0. The van der Waals surface area contributed by atoms with Crippen LogP contribution in [0.3, 0.4) is 0 Å². The van der Waals surface area contributed by atoms with Crippen LogP contribution in [0, 0.1) is 22.0 Å². The number of methoxy groups -OCH3 is 1. The van der Waals surface area contributed by atoms with E-state index in [4.69, 9.17) is 4.74 Å². The first kappa shape index (κ1) is 23.8. The molecule has 2 aromatic carbocycles. The van der Waals surface area contributed by atoms with Gasteiger partial charge in [-0.2, -0.15) is 5.01 Å². The Morgan fingerprint density at radius 1 is 1.11 bits per heavy atom. The molecule has 0 radical (unpaired) electrons. The summed E-state index contributed by atoms with van der Waals surface area (Å²) in [6, 6.07) is 11.4. The maximum Gasteiger partial charge on any atom is 0.282 e. The van der Waals surface area contributed by atoms with E-state index in [-0.39, 0.29) is 11.1 Å². The first-order chi connectivity index (χ1) is 16.7. The van der Waals surface area contributed by atoms with Crippen molar-refractivity contribution in [2.45, 2.75) is 19.8 Å². The molecule has 4 rings (SSSR count). The van der Waals surface area contributed by atoms with E-state index in [1.807, 2.05) is 13.0 Å². The molecule has 2 atom stereocenters. The van der Waals surface area contributed by atoms with Gasteiger partial charge in [0.25, 0.3) is 23.4 Å². The summed E-state index contributed by atoms with van der Waals surface area (Å²) in [6.45, 7) is 1.20. The molecule has 0 unspecified atom stereocenters. The highest BCUT2D eigenvalue weighted by Gasteiger charge is 2.52. The molecule has 10 heteroatoms. The lowest BCUT2D eigenvalue weighted by Gasteiger charge is -2.30. The molecule has 1 fully saturated rings. The van der Waals surface area contributed by atoms with Gasteiger partial charge in [0.05, 0.1) is 23.9 Å². The third kappa shape index (κ3) is 4.42. The number of fused-ring (bicyclic) bond motifs is 1. The zero-order valence-corrected chi connectivity index (χ0v) is 19.2. The van der Waals surface area contributed by atoms with Crippen LogP contribution < -0.4 is 4.74 Å². The van der Waals surface area contributed by atoms with Crippen LogP contribution in [0.25, 0.3) is 0 Å². The van der Waals surface area contributed by atoms with E-state index in [0.29, 0.717) is 23.6 Å². The Kier molecular flexibility index (Phi) is 6.46. The number of carbonyl (C=O) groups is 4. The zero-order valence-electron chi connectivity index (χ0n) is 19.2. The van der Waals surface area contributed by atoms with E-state index in [1.54, 1.807) is 12.1 Å². The van der Waals surface area contributed by atoms with Gasteiger partial charge in [0, 0.05) is 11.6 Å². The molecule has 10 nitrogen and oxygen atoms in total. The number of hydrogen-bond donors (Lipinski definition) is 0. The molecular weight excluding hydrogens is 454 g/mol. The third-order valence-corrected chi connectivity index (χ3v) is 6.29. The van der Waals surface area contributed by atoms with E-state index >= 15 is 0 Å². The smallest absolute Gasteiger partial charge is 0.282 e. The third-order valence-electron chi connectivity index (χ3n) is 6.29. The average Bonchev–Trinajstić information content (AvgIpc) is 3.10. The Morgan fingerprint density at radius 3 is 2.54 bits per heavy atom. The lowest BCUT2D eigenvalue weighted by Crippen LogP contribution is -2.52. The van der Waals surface area contributed by atoms with Gasteiger partial charge in [-0.05, 0) is 38.0 Å². The van der Waals surface area contributed by atoms with Crippen molar-refractivity contribution < 1.29 is 28.8 Å². The zero-order chi connectivity index (χ0) is 25.3. The van der Waals surface area contributed by atoms with E-state index in [0.717, 1.165) is 16.6 Å². The van der Waals surface area contributed by atoms with Gasteiger partial charge < -0.3 is 4.74 Å². The molecule has 180 valence electrons. The second-order valence-corrected chi connectivity index (χ2v) is 8.48. The number of allylic oxidation sites excluding steroid dienone is 2. The molecule has 3 amide bonds. The number of para-hydroxylation sites is 1. The van der Waals surface area contributed by atoms with Crippen molar-refractivity contribution in [1.82, 2.24) is 10.0 Å². The van der Waals surface area contributed by atoms with Gasteiger partial charge in [-0.15, -0.1) is 0 Å². The normalized spacial score (nSPS) is 19.1. The molecule has 2 aliphatic rings. The number of benzene rings is 2. The van der Waals surface area contributed by atoms with Crippen molar-refractivity contribution in [3.8, 4) is 5.75 Å². The van der Waals surface area contributed by atoms with Gasteiger partial charge in [0.15, 0.2) is 5.78 Å². The molecule has 0 spiro atoms. The van der Waals surface area contributed by atoms with Gasteiger partial charge in [0.2, 0.25) is 0 Å². The summed E-state index contributed by atoms with van der Waals surface area (Å²) in [5.74, 6) is -3.65. The number of Topliss-reactive ketones (excluding diaryl/α,β-unsaturated/α-hetero) is 1. The van der Waals surface area contributed by atoms with E-state index in [9.17, 15) is 29.3 Å². The molecule has 1 saturated heterocycles. The minimum absolute atomic E-state index is 0.193. The fourth-order valence-electron chi connectivity index (χ4n) is 4.47. The Hall–Kier alpha value is -4.34. The van der Waals surface area contributed by atoms with Crippen molar-refractivity contribution in [1.29, 1.82) is 0 Å². The van der Waals surface area contributed by atoms with Crippen LogP contribution in [0.1, 0.15) is 40.5 Å². The van der Waals surface area contributed by atoms with Crippen LogP contribution in [-0.2, 0) is 9.59 Å². The average molecular weight is 477 g/mol. The number of imide groups is 1. The molecule has 2 aromatic rings. The molecular formula is C25H23N3O7. The fraction of sp³-hybridized carbons (Fsp3) is 0.280. The second kappa shape index (κ2) is 9.49. The highest BCUT2D eigenvalue weighted by Crippen LogP contribution is 2.39. The minimum atomic E-state index is -0.987. The van der Waals surface area contributed by atoms with Gasteiger partial charge in [-0.25, -0.2) is 5.01 Å². The van der Waals surface area contributed by atoms with Gasteiger partial charge >= 0.3 is 0 Å². The Labute approximate surface area is 200 Å². The summed E-state index contributed by atoms with van der Waals surface area (Å²) in [6.07, 6.45) is 2.59. The van der Waals surface area contributed by atoms with Crippen LogP contribution in [0.4, 0.5) is 5.69 Å². The first-order valence-corrected chi connectivity index (χ1v) is 11.0. The summed E-state index contributed by atoms with van der Waals surface area (Å²) in [4.78, 5) is 64.2. The predicted molar refractivity (Wildman–Crippen MR) is 123 cm³/mol. The number of nitrogens with zero attached hydrogens (tertiary/aromatic N) is 3. The Balaban J connectivity index is 1.75. The summed E-state index contributed by atoms with van der Waals surface area (Å²) < 4.78 is 5.14. The van der Waals surface area contributed by atoms with E-state index in [1.165, 1.54) is 37.4 Å². The van der Waals surface area contributed by atoms with Gasteiger partial charge in [-0.3, -0.25) is 29.3 Å². The lowest BCUT2D eigenvalue weighted by molar-refractivity contribution is -0.385. The summed E-state index contributed by atoms with van der Waals surface area (Å²) in [7, 11) is 1.44. The number of nitro groups is 1. The number of hydrogen-bond acceptors (Lipinski definition) is 7. The standard InChI is InChI=1S/C25H23N3O7/c1-15-10-11-18-20(12-15)25(32)27(24(18)31)26(14-22(29)16-6-5-7-17(13-16)35-2)23(30)19-8-3-4-9-21(19)28(33)34/h3-10,13,18,20H,11-12,14H2,1-2H3/t18-,20+/m0/s1. The van der Waals surface area contributed by atoms with Crippen molar-refractivity contribution in [2.75, 3.05) is 13.7 Å². The number of nitro benzene ring substituents is 1. The largest absolute Gasteiger partial charge is 0.497 e. The highest BCUT2D eigenvalue weighted by molar-refractivity contribution is 6.10. The van der Waals surface area contributed by atoms with Gasteiger partial charge in [-0.1, -0.05) is 35.9 Å². The topological polar surface area (TPSA) is 127 Å². The number of ketones is 1. The number of carbonyl (C=O) groups excluding carboxylic acids is 4. The Bertz CT molecular complexity index is 1270. The van der Waals surface area contributed by atoms with Crippen molar-refractivity contribution >= 4 is 29.2 Å². The maximum atomic E-state index is 13.6. The SMILES string of the molecule is COc1cccc(C(=O)CN(C(=O)c2ccccc2[N+](=O)[O-])N2C(=O)[C@H]3CC=C(C)C[C@H]3C2=O)c1. The lowest BCUT2D eigenvalue weighted by atomic mass is 9.82. The number of ether oxygens (including phenoxy) is 1. The molecule has 35 heavy (non-hydrogen) atoms. The van der Waals surface area contributed by atoms with Crippen LogP contribution in [-0.4, -0.2) is 52.1 Å². The summed E-state index contributed by atoms with van der Waals surface area (Å²) >= 11 is 0. The van der Waals surface area contributed by atoms with Crippen molar-refractivity contribution in [3.05, 3.63) is 81.4 Å². The summed E-state index contributed by atoms with van der Waals surface area (Å²) in [5, 5.41) is 13.0. The van der Waals surface area contributed by atoms with E-state index < -0.39 is 52.5 Å². The number of rotatable bonds is 7. The van der Waals surface area contributed by atoms with Crippen LogP contribution in [0.5, 0.6) is 5.75 Å². The quantitative estimate of drug-likeness (QED) is 0.197. The molecule has 1 aliphatic carbocycles.